The molecule has 1 aromatic rings. The number of benzene rings is 1. The second kappa shape index (κ2) is 11.4. The normalized spacial score (nSPS) is 10.7. The number of nitrogens with one attached hydrogen (secondary N) is 1. The van der Waals surface area contributed by atoms with Gasteiger partial charge in [0, 0.05) is 6.54 Å². The largest absolute Gasteiger partial charge is 0.494 e. The number of hydrogen-bond acceptors (Lipinski definition) is 2. The van der Waals surface area contributed by atoms with Gasteiger partial charge in [-0.1, -0.05) is 12.2 Å². The number of nitrogens with two attached hydrogens (primary N) is 1. The minimum absolute atomic E-state index is 0. The van der Waals surface area contributed by atoms with Crippen LogP contribution >= 0.6 is 24.0 Å². The fourth-order valence-electron chi connectivity index (χ4n) is 1.44. The van der Waals surface area contributed by atoms with Gasteiger partial charge in [-0.15, -0.1) is 24.0 Å². The molecule has 0 amide bonds. The lowest BCUT2D eigenvalue weighted by Crippen LogP contribution is -2.32. The smallest absolute Gasteiger partial charge is 0.188 e. The maximum atomic E-state index is 12.7. The van der Waals surface area contributed by atoms with Gasteiger partial charge in [0.05, 0.1) is 13.2 Å². The molecule has 0 aromatic heterocycles. The maximum absolute atomic E-state index is 12.7. The van der Waals surface area contributed by atoms with Crippen molar-refractivity contribution in [1.29, 1.82) is 0 Å². The number of ether oxygens (including phenoxy) is 1. The lowest BCUT2D eigenvalue weighted by Gasteiger charge is -2.07. The summed E-state index contributed by atoms with van der Waals surface area (Å²) in [6.07, 6.45) is 1.81. The van der Waals surface area contributed by atoms with Crippen LogP contribution in [-0.4, -0.2) is 25.7 Å². The lowest BCUT2D eigenvalue weighted by molar-refractivity contribution is 0.306. The third-order valence-corrected chi connectivity index (χ3v) is 2.48. The van der Waals surface area contributed by atoms with E-state index >= 15 is 0 Å². The monoisotopic (exact) mass is 407 g/mol. The summed E-state index contributed by atoms with van der Waals surface area (Å²) < 4.78 is 18.2. The van der Waals surface area contributed by atoms with Crippen LogP contribution in [-0.2, 0) is 0 Å². The van der Waals surface area contributed by atoms with Crippen molar-refractivity contribution in [2.75, 3.05) is 19.7 Å². The van der Waals surface area contributed by atoms with E-state index in [4.69, 9.17) is 10.5 Å². The number of hydrogen-bond donors (Lipinski definition) is 2. The minimum atomic E-state index is -0.258. The van der Waals surface area contributed by atoms with Gasteiger partial charge >= 0.3 is 0 Å². The van der Waals surface area contributed by atoms with E-state index < -0.39 is 0 Å². The van der Waals surface area contributed by atoms with Crippen LogP contribution in [0.3, 0.4) is 0 Å². The number of rotatable bonds is 8. The molecule has 0 unspecified atom stereocenters. The molecule has 21 heavy (non-hydrogen) atoms. The van der Waals surface area contributed by atoms with Crippen molar-refractivity contribution in [3.8, 4) is 5.75 Å². The van der Waals surface area contributed by atoms with E-state index in [1.165, 1.54) is 12.1 Å². The topological polar surface area (TPSA) is 59.6 Å². The summed E-state index contributed by atoms with van der Waals surface area (Å²) in [6, 6.07) is 6.01. The number of halogens is 2. The number of nitrogens with zero attached hydrogens (tertiary/aromatic N) is 1. The molecule has 0 atom stereocenters. The van der Waals surface area contributed by atoms with Crippen molar-refractivity contribution >= 4 is 29.9 Å². The molecule has 1 aromatic carbocycles. The third-order valence-electron chi connectivity index (χ3n) is 2.48. The van der Waals surface area contributed by atoms with Crippen LogP contribution in [0.5, 0.6) is 5.75 Å². The second-order valence-electron chi connectivity index (χ2n) is 4.59. The summed E-state index contributed by atoms with van der Waals surface area (Å²) in [5, 5.41) is 3.03. The number of aliphatic imine (C=N–C) groups is 1. The fourth-order valence-corrected chi connectivity index (χ4v) is 1.44. The zero-order chi connectivity index (χ0) is 14.8. The van der Waals surface area contributed by atoms with Gasteiger partial charge in [0.25, 0.3) is 0 Å². The van der Waals surface area contributed by atoms with Crippen LogP contribution in [0.4, 0.5) is 4.39 Å². The maximum Gasteiger partial charge on any atom is 0.188 e. The molecular weight excluding hydrogens is 384 g/mol. The first-order valence-corrected chi connectivity index (χ1v) is 6.64. The molecule has 4 nitrogen and oxygen atoms in total. The van der Waals surface area contributed by atoms with Crippen LogP contribution < -0.4 is 15.8 Å². The zero-order valence-electron chi connectivity index (χ0n) is 12.3. The van der Waals surface area contributed by atoms with E-state index in [1.807, 2.05) is 6.92 Å². The van der Waals surface area contributed by atoms with Crippen molar-refractivity contribution in [3.05, 3.63) is 42.2 Å². The molecule has 0 saturated heterocycles. The highest BCUT2D eigenvalue weighted by molar-refractivity contribution is 14.0. The molecule has 0 heterocycles. The predicted octanol–water partition coefficient (Wildman–Crippen LogP) is 3.08. The molecule has 3 N–H and O–H groups in total. The van der Waals surface area contributed by atoms with Gasteiger partial charge < -0.3 is 15.8 Å². The third kappa shape index (κ3) is 10.1. The van der Waals surface area contributed by atoms with Crippen molar-refractivity contribution in [2.24, 2.45) is 10.7 Å². The first-order chi connectivity index (χ1) is 9.58. The van der Waals surface area contributed by atoms with E-state index in [1.54, 1.807) is 12.1 Å². The molecule has 0 radical (unpaired) electrons. The van der Waals surface area contributed by atoms with E-state index in [0.29, 0.717) is 24.9 Å². The summed E-state index contributed by atoms with van der Waals surface area (Å²) in [5.41, 5.74) is 6.65. The molecule has 0 aliphatic heterocycles. The van der Waals surface area contributed by atoms with Crippen LogP contribution in [0.25, 0.3) is 0 Å². The molecular formula is C15H23FIN3O. The van der Waals surface area contributed by atoms with Crippen molar-refractivity contribution in [2.45, 2.75) is 19.8 Å². The second-order valence-corrected chi connectivity index (χ2v) is 4.59. The first-order valence-electron chi connectivity index (χ1n) is 6.64. The Balaban J connectivity index is 0.00000400. The summed E-state index contributed by atoms with van der Waals surface area (Å²) >= 11 is 0. The van der Waals surface area contributed by atoms with E-state index in [9.17, 15) is 4.39 Å². The zero-order valence-corrected chi connectivity index (χ0v) is 14.6. The average molecular weight is 407 g/mol. The average Bonchev–Trinajstić information content (AvgIpc) is 2.42. The Morgan fingerprint density at radius 1 is 1.33 bits per heavy atom. The molecule has 0 saturated carbocycles. The Morgan fingerprint density at radius 2 is 2.00 bits per heavy atom. The number of unbranched alkanes of at least 4 members (excludes halogenated alkanes) is 1. The van der Waals surface area contributed by atoms with Gasteiger partial charge in [0.15, 0.2) is 5.96 Å². The van der Waals surface area contributed by atoms with Crippen LogP contribution in [0, 0.1) is 5.82 Å². The van der Waals surface area contributed by atoms with Gasteiger partial charge in [0.1, 0.15) is 11.6 Å². The Bertz CT molecular complexity index is 449. The fraction of sp³-hybridized carbons (Fsp3) is 0.400. The van der Waals surface area contributed by atoms with Crippen LogP contribution in [0.2, 0.25) is 0 Å². The summed E-state index contributed by atoms with van der Waals surface area (Å²) in [6.45, 7) is 7.55. The molecule has 0 bridgehead atoms. The highest BCUT2D eigenvalue weighted by Gasteiger charge is 1.95. The molecule has 6 heteroatoms. The molecule has 0 aliphatic carbocycles. The summed E-state index contributed by atoms with van der Waals surface area (Å²) in [7, 11) is 0. The molecule has 1 rings (SSSR count). The molecule has 118 valence electrons. The quantitative estimate of drug-likeness (QED) is 0.229. The molecule has 0 aliphatic rings. The van der Waals surface area contributed by atoms with Gasteiger partial charge in [-0.05, 0) is 44.0 Å². The Morgan fingerprint density at radius 3 is 2.62 bits per heavy atom. The Kier molecular flexibility index (Phi) is 10.7. The van der Waals surface area contributed by atoms with Gasteiger partial charge in [-0.3, -0.25) is 0 Å². The SMILES string of the molecule is C=C(C)CN=C(N)NCCCCOc1ccc(F)cc1.I. The lowest BCUT2D eigenvalue weighted by atomic mass is 10.3. The first kappa shape index (κ1) is 19.7. The van der Waals surface area contributed by atoms with Crippen LogP contribution in [0.15, 0.2) is 41.4 Å². The highest BCUT2D eigenvalue weighted by Crippen LogP contribution is 2.11. The van der Waals surface area contributed by atoms with Gasteiger partial charge in [-0.25, -0.2) is 9.38 Å². The van der Waals surface area contributed by atoms with E-state index in [2.05, 4.69) is 16.9 Å². The van der Waals surface area contributed by atoms with E-state index in [0.717, 1.165) is 25.0 Å². The van der Waals surface area contributed by atoms with Crippen LogP contribution in [0.1, 0.15) is 19.8 Å². The Hall–Kier alpha value is -1.31. The Labute approximate surface area is 142 Å². The summed E-state index contributed by atoms with van der Waals surface area (Å²) in [4.78, 5) is 4.11. The van der Waals surface area contributed by atoms with Gasteiger partial charge in [-0.2, -0.15) is 0 Å². The standard InChI is InChI=1S/C15H22FN3O.HI/c1-12(2)11-19-15(17)18-9-3-4-10-20-14-7-5-13(16)6-8-14;/h5-8H,1,3-4,9-11H2,2H3,(H3,17,18,19);1H. The van der Waals surface area contributed by atoms with Crippen molar-refractivity contribution < 1.29 is 9.13 Å². The predicted molar refractivity (Wildman–Crippen MR) is 95.9 cm³/mol. The van der Waals surface area contributed by atoms with Crippen molar-refractivity contribution in [1.82, 2.24) is 5.32 Å². The summed E-state index contributed by atoms with van der Waals surface area (Å²) in [5.74, 6) is 0.861. The molecule has 0 spiro atoms. The number of guanidine groups is 1. The van der Waals surface area contributed by atoms with Gasteiger partial charge in [0.2, 0.25) is 0 Å². The minimum Gasteiger partial charge on any atom is -0.494 e. The van der Waals surface area contributed by atoms with E-state index in [-0.39, 0.29) is 29.8 Å². The highest BCUT2D eigenvalue weighted by atomic mass is 127. The molecule has 0 fully saturated rings. The van der Waals surface area contributed by atoms with Crippen molar-refractivity contribution in [3.63, 3.8) is 0 Å².